The number of hydrogen-bond donors (Lipinski definition) is 1. The minimum Gasteiger partial charge on any atom is -0.497 e. The molecule has 28 heavy (non-hydrogen) atoms. The molecule has 0 aliphatic rings. The molecule has 0 fully saturated rings. The highest BCUT2D eigenvalue weighted by atomic mass is 32.2. The maximum absolute atomic E-state index is 12.2. The molecule has 2 aromatic carbocycles. The fourth-order valence-corrected chi connectivity index (χ4v) is 3.26. The number of benzene rings is 2. The number of rotatable bonds is 7. The molecule has 144 valence electrons. The number of carbonyl (C=O) groups is 1. The zero-order chi connectivity index (χ0) is 19.9. The normalized spacial score (nSPS) is 10.5. The van der Waals surface area contributed by atoms with Gasteiger partial charge in [0.1, 0.15) is 10.8 Å². The van der Waals surface area contributed by atoms with E-state index >= 15 is 0 Å². The predicted molar refractivity (Wildman–Crippen MR) is 110 cm³/mol. The Morgan fingerprint density at radius 1 is 1.11 bits per heavy atom. The Morgan fingerprint density at radius 3 is 2.57 bits per heavy atom. The van der Waals surface area contributed by atoms with Crippen LogP contribution in [-0.4, -0.2) is 28.6 Å². The number of carbonyl (C=O) groups excluding carboxylic acids is 1. The van der Waals surface area contributed by atoms with Crippen LogP contribution in [0.1, 0.15) is 11.1 Å². The lowest BCUT2D eigenvalue weighted by Gasteiger charge is -2.09. The van der Waals surface area contributed by atoms with Gasteiger partial charge in [-0.15, -0.1) is 0 Å². The quantitative estimate of drug-likeness (QED) is 0.623. The summed E-state index contributed by atoms with van der Waals surface area (Å²) in [5.74, 6) is 0.838. The van der Waals surface area contributed by atoms with Crippen molar-refractivity contribution in [2.24, 2.45) is 0 Å². The van der Waals surface area contributed by atoms with Crippen molar-refractivity contribution < 1.29 is 9.53 Å². The van der Waals surface area contributed by atoms with Gasteiger partial charge in [-0.05, 0) is 48.4 Å². The predicted octanol–water partition coefficient (Wildman–Crippen LogP) is 2.96. The highest BCUT2D eigenvalue weighted by Gasteiger charge is 2.08. The average Bonchev–Trinajstić information content (AvgIpc) is 2.72. The van der Waals surface area contributed by atoms with Gasteiger partial charge in [0, 0.05) is 12.6 Å². The molecule has 3 rings (SSSR count). The van der Waals surface area contributed by atoms with Gasteiger partial charge in [0.05, 0.1) is 18.6 Å². The molecular weight excluding hydrogens is 374 g/mol. The number of amides is 1. The van der Waals surface area contributed by atoms with Gasteiger partial charge in [-0.2, -0.15) is 9.78 Å². The molecule has 0 atom stereocenters. The molecule has 6 nitrogen and oxygen atoms in total. The first-order chi connectivity index (χ1) is 13.6. The van der Waals surface area contributed by atoms with Crippen LogP contribution in [0.25, 0.3) is 5.69 Å². The van der Waals surface area contributed by atoms with E-state index in [2.05, 4.69) is 10.4 Å². The molecule has 7 heteroatoms. The van der Waals surface area contributed by atoms with E-state index in [1.807, 2.05) is 31.2 Å². The number of nitrogens with zero attached hydrogens (tertiary/aromatic N) is 2. The second kappa shape index (κ2) is 9.23. The van der Waals surface area contributed by atoms with Crippen LogP contribution in [-0.2, 0) is 11.3 Å². The molecule has 1 N–H and O–H groups in total. The summed E-state index contributed by atoms with van der Waals surface area (Å²) in [6, 6.07) is 18.1. The number of nitrogens with one attached hydrogen (secondary N) is 1. The van der Waals surface area contributed by atoms with E-state index in [1.165, 1.54) is 22.5 Å². The highest BCUT2D eigenvalue weighted by Crippen LogP contribution is 2.16. The zero-order valence-electron chi connectivity index (χ0n) is 15.7. The van der Waals surface area contributed by atoms with Gasteiger partial charge < -0.3 is 10.1 Å². The monoisotopic (exact) mass is 395 g/mol. The molecule has 0 bridgehead atoms. The SMILES string of the molecule is COc1ccc(-n2nc(SCC(=O)NCc3ccccc3C)ccc2=O)cc1. The molecule has 0 radical (unpaired) electrons. The summed E-state index contributed by atoms with van der Waals surface area (Å²) in [7, 11) is 1.58. The van der Waals surface area contributed by atoms with Crippen molar-refractivity contribution in [1.82, 2.24) is 15.1 Å². The van der Waals surface area contributed by atoms with Crippen LogP contribution in [0.3, 0.4) is 0 Å². The number of methoxy groups -OCH3 is 1. The maximum Gasteiger partial charge on any atom is 0.271 e. The Kier molecular flexibility index (Phi) is 6.49. The molecular formula is C21H21N3O3S. The minimum absolute atomic E-state index is 0.0859. The number of ether oxygens (including phenoxy) is 1. The summed E-state index contributed by atoms with van der Waals surface area (Å²) >= 11 is 1.29. The third kappa shape index (κ3) is 5.01. The van der Waals surface area contributed by atoms with Crippen LogP contribution in [0.15, 0.2) is 70.5 Å². The average molecular weight is 395 g/mol. The Bertz CT molecular complexity index is 1020. The second-order valence-electron chi connectivity index (χ2n) is 6.11. The van der Waals surface area contributed by atoms with Gasteiger partial charge in [0.15, 0.2) is 0 Å². The Hall–Kier alpha value is -3.06. The first kappa shape index (κ1) is 19.7. The van der Waals surface area contributed by atoms with E-state index in [-0.39, 0.29) is 17.2 Å². The molecule has 0 saturated carbocycles. The van der Waals surface area contributed by atoms with Crippen LogP contribution in [0, 0.1) is 6.92 Å². The molecule has 0 saturated heterocycles. The highest BCUT2D eigenvalue weighted by molar-refractivity contribution is 7.99. The largest absolute Gasteiger partial charge is 0.497 e. The Morgan fingerprint density at radius 2 is 1.86 bits per heavy atom. The van der Waals surface area contributed by atoms with Crippen molar-refractivity contribution in [2.75, 3.05) is 12.9 Å². The van der Waals surface area contributed by atoms with E-state index in [9.17, 15) is 9.59 Å². The van der Waals surface area contributed by atoms with E-state index in [0.29, 0.717) is 23.0 Å². The van der Waals surface area contributed by atoms with Crippen LogP contribution in [0.4, 0.5) is 0 Å². The summed E-state index contributed by atoms with van der Waals surface area (Å²) in [5.41, 5.74) is 2.63. The Balaban J connectivity index is 1.62. The minimum atomic E-state index is -0.237. The molecule has 1 aromatic heterocycles. The maximum atomic E-state index is 12.2. The van der Waals surface area contributed by atoms with Crippen LogP contribution >= 0.6 is 11.8 Å². The van der Waals surface area contributed by atoms with Gasteiger partial charge in [-0.3, -0.25) is 9.59 Å². The van der Waals surface area contributed by atoms with E-state index in [1.54, 1.807) is 37.4 Å². The summed E-state index contributed by atoms with van der Waals surface area (Å²) < 4.78 is 6.44. The van der Waals surface area contributed by atoms with Crippen molar-refractivity contribution in [3.8, 4) is 11.4 Å². The van der Waals surface area contributed by atoms with Gasteiger partial charge in [0.2, 0.25) is 5.91 Å². The molecule has 3 aromatic rings. The molecule has 0 aliphatic heterocycles. The molecule has 1 amide bonds. The van der Waals surface area contributed by atoms with Crippen molar-refractivity contribution in [3.05, 3.63) is 82.1 Å². The van der Waals surface area contributed by atoms with Gasteiger partial charge in [-0.25, -0.2) is 0 Å². The lowest BCUT2D eigenvalue weighted by molar-refractivity contribution is -0.118. The topological polar surface area (TPSA) is 73.2 Å². The zero-order valence-corrected chi connectivity index (χ0v) is 16.5. The summed E-state index contributed by atoms with van der Waals surface area (Å²) in [5, 5.41) is 7.86. The summed E-state index contributed by atoms with van der Waals surface area (Å²) in [4.78, 5) is 24.3. The van der Waals surface area contributed by atoms with Crippen molar-refractivity contribution in [2.45, 2.75) is 18.5 Å². The van der Waals surface area contributed by atoms with E-state index < -0.39 is 0 Å². The van der Waals surface area contributed by atoms with Gasteiger partial charge in [-0.1, -0.05) is 36.0 Å². The fraction of sp³-hybridized carbons (Fsp3) is 0.190. The number of aryl methyl sites for hydroxylation is 1. The first-order valence-electron chi connectivity index (χ1n) is 8.75. The molecule has 1 heterocycles. The lowest BCUT2D eigenvalue weighted by Crippen LogP contribution is -2.25. The number of thioether (sulfide) groups is 1. The van der Waals surface area contributed by atoms with Gasteiger partial charge in [0.25, 0.3) is 5.56 Å². The second-order valence-corrected chi connectivity index (χ2v) is 7.11. The van der Waals surface area contributed by atoms with Crippen molar-refractivity contribution in [3.63, 3.8) is 0 Å². The van der Waals surface area contributed by atoms with Crippen LogP contribution < -0.4 is 15.6 Å². The van der Waals surface area contributed by atoms with Crippen molar-refractivity contribution >= 4 is 17.7 Å². The summed E-state index contributed by atoms with van der Waals surface area (Å²) in [6.45, 7) is 2.51. The van der Waals surface area contributed by atoms with Crippen LogP contribution in [0.2, 0.25) is 0 Å². The molecule has 0 unspecified atom stereocenters. The van der Waals surface area contributed by atoms with Crippen LogP contribution in [0.5, 0.6) is 5.75 Å². The third-order valence-electron chi connectivity index (χ3n) is 4.18. The third-order valence-corrected chi connectivity index (χ3v) is 5.10. The number of aromatic nitrogens is 2. The van der Waals surface area contributed by atoms with Crippen molar-refractivity contribution in [1.29, 1.82) is 0 Å². The standard InChI is InChI=1S/C21H21N3O3S/c1-15-5-3-4-6-16(15)13-22-19(25)14-28-20-11-12-21(26)24(23-20)17-7-9-18(27-2)10-8-17/h3-12H,13-14H2,1-2H3,(H,22,25). The fourth-order valence-electron chi connectivity index (χ4n) is 2.57. The smallest absolute Gasteiger partial charge is 0.271 e. The molecule has 0 aliphatic carbocycles. The van der Waals surface area contributed by atoms with E-state index in [0.717, 1.165) is 11.1 Å². The molecule has 0 spiro atoms. The van der Waals surface area contributed by atoms with Gasteiger partial charge >= 0.3 is 0 Å². The lowest BCUT2D eigenvalue weighted by atomic mass is 10.1. The Labute approximate surface area is 167 Å². The van der Waals surface area contributed by atoms with E-state index in [4.69, 9.17) is 4.74 Å². The number of hydrogen-bond acceptors (Lipinski definition) is 5. The summed E-state index contributed by atoms with van der Waals surface area (Å²) in [6.07, 6.45) is 0. The first-order valence-corrected chi connectivity index (χ1v) is 9.74.